The van der Waals surface area contributed by atoms with E-state index in [9.17, 15) is 4.79 Å². The fourth-order valence-corrected chi connectivity index (χ4v) is 4.97. The molecule has 0 radical (unpaired) electrons. The van der Waals surface area contributed by atoms with Crippen LogP contribution in [0.15, 0.2) is 41.3 Å². The van der Waals surface area contributed by atoms with E-state index in [1.165, 1.54) is 10.4 Å². The van der Waals surface area contributed by atoms with Gasteiger partial charge in [0, 0.05) is 50.2 Å². The highest BCUT2D eigenvalue weighted by atomic mass is 32.1. The second kappa shape index (κ2) is 7.81. The third kappa shape index (κ3) is 3.70. The first kappa shape index (κ1) is 19.2. The van der Waals surface area contributed by atoms with Crippen molar-refractivity contribution in [2.45, 2.75) is 26.8 Å². The van der Waals surface area contributed by atoms with Gasteiger partial charge < -0.3 is 9.88 Å². The van der Waals surface area contributed by atoms with Crippen molar-refractivity contribution in [1.82, 2.24) is 19.9 Å². The second-order valence-electron chi connectivity index (χ2n) is 7.90. The summed E-state index contributed by atoms with van der Waals surface area (Å²) < 4.78 is 1.25. The molecule has 0 saturated carbocycles. The molecule has 1 N–H and O–H groups in total. The van der Waals surface area contributed by atoms with Gasteiger partial charge >= 0.3 is 0 Å². The zero-order valence-electron chi connectivity index (χ0n) is 17.3. The molecule has 0 spiro atoms. The van der Waals surface area contributed by atoms with Crippen molar-refractivity contribution in [2.75, 3.05) is 31.1 Å². The lowest BCUT2D eigenvalue weighted by molar-refractivity contribution is 0.250. The van der Waals surface area contributed by atoms with Gasteiger partial charge in [-0.15, -0.1) is 11.3 Å². The summed E-state index contributed by atoms with van der Waals surface area (Å²) in [4.78, 5) is 29.2. The number of piperazine rings is 1. The minimum absolute atomic E-state index is 0.00941. The number of aryl methyl sites for hydroxylation is 2. The smallest absolute Gasteiger partial charge is 0.251 e. The van der Waals surface area contributed by atoms with Crippen LogP contribution in [0.2, 0.25) is 0 Å². The lowest BCUT2D eigenvalue weighted by Gasteiger charge is -2.36. The first-order chi connectivity index (χ1) is 14.6. The Bertz CT molecular complexity index is 1270. The Balaban J connectivity index is 1.26. The van der Waals surface area contributed by atoms with E-state index < -0.39 is 0 Å². The number of thiazole rings is 1. The topological polar surface area (TPSA) is 65.1 Å². The minimum atomic E-state index is -0.00941. The molecular formula is C23H25N5OS. The highest BCUT2D eigenvalue weighted by Gasteiger charge is 2.18. The van der Waals surface area contributed by atoms with Gasteiger partial charge in [0.05, 0.1) is 26.3 Å². The zero-order valence-corrected chi connectivity index (χ0v) is 18.1. The zero-order chi connectivity index (χ0) is 20.7. The van der Waals surface area contributed by atoms with Gasteiger partial charge in [0.1, 0.15) is 0 Å². The van der Waals surface area contributed by atoms with Crippen molar-refractivity contribution in [3.8, 4) is 0 Å². The Hall–Kier alpha value is -2.77. The molecule has 1 aromatic carbocycles. The van der Waals surface area contributed by atoms with Crippen LogP contribution in [-0.4, -0.2) is 46.0 Å². The van der Waals surface area contributed by atoms with Crippen LogP contribution in [0.1, 0.15) is 23.1 Å². The van der Waals surface area contributed by atoms with Crippen molar-refractivity contribution >= 4 is 38.3 Å². The molecule has 0 atom stereocenters. The lowest BCUT2D eigenvalue weighted by Crippen LogP contribution is -2.45. The average molecular weight is 420 g/mol. The first-order valence-electron chi connectivity index (χ1n) is 10.4. The van der Waals surface area contributed by atoms with Gasteiger partial charge in [0.2, 0.25) is 0 Å². The summed E-state index contributed by atoms with van der Waals surface area (Å²) in [5.74, 6) is 0. The number of H-pyrrole nitrogens is 1. The van der Waals surface area contributed by atoms with Crippen molar-refractivity contribution in [2.24, 2.45) is 0 Å². The molecule has 30 heavy (non-hydrogen) atoms. The highest BCUT2D eigenvalue weighted by Crippen LogP contribution is 2.27. The summed E-state index contributed by atoms with van der Waals surface area (Å²) >= 11 is 1.75. The molecule has 0 aliphatic carbocycles. The van der Waals surface area contributed by atoms with Crippen LogP contribution in [0, 0.1) is 6.92 Å². The summed E-state index contributed by atoms with van der Waals surface area (Å²) in [6.07, 6.45) is 2.65. The largest absolute Gasteiger partial charge is 0.369 e. The lowest BCUT2D eigenvalue weighted by atomic mass is 10.1. The molecule has 3 aromatic heterocycles. The number of anilines is 1. The molecule has 1 saturated heterocycles. The summed E-state index contributed by atoms with van der Waals surface area (Å²) in [7, 11) is 0. The predicted octanol–water partition coefficient (Wildman–Crippen LogP) is 3.73. The maximum Gasteiger partial charge on any atom is 0.251 e. The minimum Gasteiger partial charge on any atom is -0.369 e. The van der Waals surface area contributed by atoms with E-state index in [4.69, 9.17) is 0 Å². The number of rotatable bonds is 4. The number of hydrogen-bond acceptors (Lipinski definition) is 6. The van der Waals surface area contributed by atoms with Crippen molar-refractivity contribution in [1.29, 1.82) is 0 Å². The Morgan fingerprint density at radius 3 is 2.73 bits per heavy atom. The van der Waals surface area contributed by atoms with E-state index >= 15 is 0 Å². The number of nitrogens with one attached hydrogen (secondary N) is 1. The molecule has 5 rings (SSSR count). The van der Waals surface area contributed by atoms with Crippen LogP contribution in [0.3, 0.4) is 0 Å². The van der Waals surface area contributed by atoms with E-state index in [0.717, 1.165) is 65.4 Å². The van der Waals surface area contributed by atoms with Gasteiger partial charge in [-0.25, -0.2) is 4.98 Å². The number of hydrogen-bond donors (Lipinski definition) is 1. The summed E-state index contributed by atoms with van der Waals surface area (Å²) in [6.45, 7) is 8.87. The molecular weight excluding hydrogens is 394 g/mol. The van der Waals surface area contributed by atoms with Gasteiger partial charge in [-0.05, 0) is 49.2 Å². The number of pyridine rings is 2. The highest BCUT2D eigenvalue weighted by molar-refractivity contribution is 7.18. The Morgan fingerprint density at radius 2 is 1.93 bits per heavy atom. The standard InChI is InChI=1S/C23H25N5OS/c1-3-17-11-19-20(26-23(17)29)10-16(13-24-19)14-27-6-8-28(9-7-27)18-4-5-22-21(12-18)25-15(2)30-22/h4-5,10-13H,3,6-9,14H2,1-2H3,(H,26,29). The van der Waals surface area contributed by atoms with Gasteiger partial charge in [-0.1, -0.05) is 6.92 Å². The number of aromatic nitrogens is 3. The quantitative estimate of drug-likeness (QED) is 0.546. The van der Waals surface area contributed by atoms with E-state index in [1.807, 2.05) is 19.2 Å². The predicted molar refractivity (Wildman–Crippen MR) is 124 cm³/mol. The number of nitrogens with zero attached hydrogens (tertiary/aromatic N) is 4. The first-order valence-corrected chi connectivity index (χ1v) is 11.3. The molecule has 1 aliphatic heterocycles. The van der Waals surface area contributed by atoms with Crippen LogP contribution in [0.5, 0.6) is 0 Å². The molecule has 1 aliphatic rings. The maximum atomic E-state index is 12.1. The second-order valence-corrected chi connectivity index (χ2v) is 9.14. The van der Waals surface area contributed by atoms with E-state index in [0.29, 0.717) is 6.42 Å². The fraction of sp³-hybridized carbons (Fsp3) is 0.348. The fourth-order valence-electron chi connectivity index (χ4n) is 4.17. The Morgan fingerprint density at radius 1 is 1.10 bits per heavy atom. The molecule has 7 heteroatoms. The summed E-state index contributed by atoms with van der Waals surface area (Å²) in [5.41, 5.74) is 5.93. The van der Waals surface area contributed by atoms with Crippen LogP contribution in [0.25, 0.3) is 21.3 Å². The summed E-state index contributed by atoms with van der Waals surface area (Å²) in [6, 6.07) is 10.6. The number of fused-ring (bicyclic) bond motifs is 2. The molecule has 0 unspecified atom stereocenters. The maximum absolute atomic E-state index is 12.1. The SMILES string of the molecule is CCc1cc2ncc(CN3CCN(c4ccc5sc(C)nc5c4)CC3)cc2[nH]c1=O. The summed E-state index contributed by atoms with van der Waals surface area (Å²) in [5, 5.41) is 1.11. The van der Waals surface area contributed by atoms with Crippen molar-refractivity contribution in [3.63, 3.8) is 0 Å². The number of aromatic amines is 1. The molecule has 0 amide bonds. The van der Waals surface area contributed by atoms with Gasteiger partial charge in [-0.2, -0.15) is 0 Å². The van der Waals surface area contributed by atoms with Crippen LogP contribution in [0.4, 0.5) is 5.69 Å². The van der Waals surface area contributed by atoms with Gasteiger partial charge in [0.25, 0.3) is 5.56 Å². The molecule has 4 heterocycles. The Kier molecular flexibility index (Phi) is 5.00. The van der Waals surface area contributed by atoms with Crippen LogP contribution >= 0.6 is 11.3 Å². The van der Waals surface area contributed by atoms with Gasteiger partial charge in [-0.3, -0.25) is 14.7 Å². The van der Waals surface area contributed by atoms with E-state index in [1.54, 1.807) is 11.3 Å². The van der Waals surface area contributed by atoms with Crippen molar-refractivity contribution < 1.29 is 0 Å². The Labute approximate surface area is 179 Å². The monoisotopic (exact) mass is 419 g/mol. The van der Waals surface area contributed by atoms with E-state index in [2.05, 4.69) is 55.9 Å². The third-order valence-corrected chi connectivity index (χ3v) is 6.78. The molecule has 4 aromatic rings. The van der Waals surface area contributed by atoms with Crippen LogP contribution in [-0.2, 0) is 13.0 Å². The molecule has 0 bridgehead atoms. The molecule has 1 fully saturated rings. The third-order valence-electron chi connectivity index (χ3n) is 5.83. The van der Waals surface area contributed by atoms with Crippen LogP contribution < -0.4 is 10.5 Å². The van der Waals surface area contributed by atoms with E-state index in [-0.39, 0.29) is 5.56 Å². The molecule has 6 nitrogen and oxygen atoms in total. The number of benzene rings is 1. The van der Waals surface area contributed by atoms with Crippen molar-refractivity contribution in [3.05, 3.63) is 63.0 Å². The normalized spacial score (nSPS) is 15.3. The average Bonchev–Trinajstić information content (AvgIpc) is 3.13. The molecule has 154 valence electrons. The van der Waals surface area contributed by atoms with Gasteiger partial charge in [0.15, 0.2) is 0 Å².